The summed E-state index contributed by atoms with van der Waals surface area (Å²) in [6.07, 6.45) is 5.74. The maximum atomic E-state index is 13.8. The lowest BCUT2D eigenvalue weighted by Crippen LogP contribution is -2.39. The van der Waals surface area contributed by atoms with Gasteiger partial charge in [0.05, 0.1) is 17.1 Å². The van der Waals surface area contributed by atoms with Gasteiger partial charge in [0.25, 0.3) is 5.91 Å². The van der Waals surface area contributed by atoms with Gasteiger partial charge < -0.3 is 9.80 Å². The van der Waals surface area contributed by atoms with Gasteiger partial charge in [-0.15, -0.1) is 0 Å². The van der Waals surface area contributed by atoms with E-state index in [0.29, 0.717) is 23.4 Å². The van der Waals surface area contributed by atoms with Crippen LogP contribution in [0, 0.1) is 18.8 Å². The van der Waals surface area contributed by atoms with Gasteiger partial charge in [0.15, 0.2) is 5.78 Å². The maximum Gasteiger partial charge on any atom is 0.265 e. The Morgan fingerprint density at radius 1 is 0.950 bits per heavy atom. The lowest BCUT2D eigenvalue weighted by molar-refractivity contribution is -0.114. The number of unbranched alkanes of at least 4 members (excludes halogenated alkanes) is 1. The lowest BCUT2D eigenvalue weighted by atomic mass is 9.92. The van der Waals surface area contributed by atoms with Crippen LogP contribution in [0.2, 0.25) is 0 Å². The summed E-state index contributed by atoms with van der Waals surface area (Å²) in [4.78, 5) is 33.2. The Hall–Kier alpha value is -3.15. The van der Waals surface area contributed by atoms with E-state index in [9.17, 15) is 9.59 Å². The van der Waals surface area contributed by atoms with Crippen LogP contribution in [0.4, 0.5) is 5.69 Å². The Labute approximate surface area is 243 Å². The molecule has 1 saturated heterocycles. The highest BCUT2D eigenvalue weighted by molar-refractivity contribution is 8.04. The van der Waals surface area contributed by atoms with Crippen LogP contribution in [0.25, 0.3) is 6.08 Å². The Bertz CT molecular complexity index is 1370. The molecule has 0 aliphatic carbocycles. The molecule has 5 heteroatoms. The monoisotopic (exact) mass is 552 g/mol. The molecule has 2 atom stereocenters. The van der Waals surface area contributed by atoms with Gasteiger partial charge in [-0.05, 0) is 73.9 Å². The highest BCUT2D eigenvalue weighted by Gasteiger charge is 2.30. The predicted octanol–water partition coefficient (Wildman–Crippen LogP) is 8.01. The molecule has 0 spiro atoms. The van der Waals surface area contributed by atoms with Gasteiger partial charge in [0, 0.05) is 30.0 Å². The zero-order valence-electron chi connectivity index (χ0n) is 23.9. The first-order valence-electron chi connectivity index (χ1n) is 14.6. The number of likely N-dealkylation sites (tertiary alicyclic amines) is 1. The first-order chi connectivity index (χ1) is 19.4. The molecule has 0 N–H and O–H groups in total. The molecular weight excluding hydrogens is 512 g/mol. The summed E-state index contributed by atoms with van der Waals surface area (Å²) in [7, 11) is 0. The van der Waals surface area contributed by atoms with E-state index in [-0.39, 0.29) is 11.7 Å². The van der Waals surface area contributed by atoms with Gasteiger partial charge in [-0.1, -0.05) is 91.8 Å². The summed E-state index contributed by atoms with van der Waals surface area (Å²) >= 11 is 1.49. The molecule has 5 rings (SSSR count). The number of thioether (sulfide) groups is 1. The van der Waals surface area contributed by atoms with Crippen LogP contribution < -0.4 is 4.90 Å². The molecule has 2 aliphatic rings. The summed E-state index contributed by atoms with van der Waals surface area (Å²) in [6.45, 7) is 10.6. The smallest absolute Gasteiger partial charge is 0.265 e. The van der Waals surface area contributed by atoms with Crippen molar-refractivity contribution in [3.8, 4) is 0 Å². The molecule has 3 aromatic carbocycles. The molecule has 4 nitrogen and oxygen atoms in total. The van der Waals surface area contributed by atoms with Crippen molar-refractivity contribution in [1.82, 2.24) is 4.90 Å². The van der Waals surface area contributed by atoms with Gasteiger partial charge in [0.1, 0.15) is 0 Å². The Morgan fingerprint density at radius 3 is 2.48 bits per heavy atom. The van der Waals surface area contributed by atoms with Crippen molar-refractivity contribution >= 4 is 35.2 Å². The largest absolute Gasteiger partial charge is 0.303 e. The van der Waals surface area contributed by atoms with E-state index in [2.05, 4.69) is 43.9 Å². The van der Waals surface area contributed by atoms with Gasteiger partial charge in [-0.3, -0.25) is 9.59 Å². The van der Waals surface area contributed by atoms with Crippen LogP contribution in [0.1, 0.15) is 66.6 Å². The van der Waals surface area contributed by atoms with Gasteiger partial charge >= 0.3 is 0 Å². The highest BCUT2D eigenvalue weighted by atomic mass is 32.2. The molecule has 2 unspecified atom stereocenters. The van der Waals surface area contributed by atoms with Crippen molar-refractivity contribution in [2.75, 3.05) is 24.5 Å². The van der Waals surface area contributed by atoms with E-state index in [1.54, 1.807) is 0 Å². The normalized spacial score (nSPS) is 20.5. The maximum absolute atomic E-state index is 13.8. The van der Waals surface area contributed by atoms with E-state index in [1.807, 2.05) is 65.6 Å². The van der Waals surface area contributed by atoms with Gasteiger partial charge in [-0.2, -0.15) is 0 Å². The third kappa shape index (κ3) is 7.13. The third-order valence-corrected chi connectivity index (χ3v) is 8.92. The standard InChI is InChI=1S/C35H40N2O2S/c1-25-10-9-13-29(19-25)24-37-31-21-30(32(38)14-7-8-17-36-22-26(2)18-27(3)23-36)15-16-33(31)40-34(35(37)39)20-28-11-5-4-6-12-28/h4-6,9-13,15-16,19-21,26-27H,7-8,14,17-18,22-24H2,1-3H3/b34-20-. The van der Waals surface area contributed by atoms with Crippen LogP contribution in [-0.4, -0.2) is 36.2 Å². The number of piperidine rings is 1. The third-order valence-electron chi connectivity index (χ3n) is 7.84. The molecule has 1 amide bonds. The molecule has 2 aliphatic heterocycles. The predicted molar refractivity (Wildman–Crippen MR) is 167 cm³/mol. The minimum Gasteiger partial charge on any atom is -0.303 e. The van der Waals surface area contributed by atoms with E-state index in [0.717, 1.165) is 58.5 Å². The summed E-state index contributed by atoms with van der Waals surface area (Å²) in [5.74, 6) is 1.64. The fourth-order valence-electron chi connectivity index (χ4n) is 6.07. The number of anilines is 1. The average molecular weight is 553 g/mol. The zero-order valence-corrected chi connectivity index (χ0v) is 24.8. The van der Waals surface area contributed by atoms with Crippen LogP contribution >= 0.6 is 11.8 Å². The number of Topliss-reactive ketones (excluding diaryl/α,β-unsaturated/α-hetero) is 1. The molecule has 0 bridgehead atoms. The fraction of sp³-hybridized carbons (Fsp3) is 0.371. The zero-order chi connectivity index (χ0) is 28.1. The Kier molecular flexibility index (Phi) is 9.23. The summed E-state index contributed by atoms with van der Waals surface area (Å²) in [5.41, 5.74) is 4.75. The molecule has 208 valence electrons. The molecule has 2 heterocycles. The molecule has 1 fully saturated rings. The van der Waals surface area contributed by atoms with Crippen molar-refractivity contribution < 1.29 is 9.59 Å². The second kappa shape index (κ2) is 13.0. The number of rotatable bonds is 9. The minimum atomic E-state index is -0.0301. The number of hydrogen-bond donors (Lipinski definition) is 0. The Balaban J connectivity index is 1.32. The number of nitrogens with zero attached hydrogens (tertiary/aromatic N) is 2. The number of carbonyl (C=O) groups is 2. The van der Waals surface area contributed by atoms with Crippen molar-refractivity contribution in [3.05, 3.63) is 100.0 Å². The van der Waals surface area contributed by atoms with Crippen LogP contribution in [0.5, 0.6) is 0 Å². The van der Waals surface area contributed by atoms with Gasteiger partial charge in [0.2, 0.25) is 0 Å². The summed E-state index contributed by atoms with van der Waals surface area (Å²) in [5, 5.41) is 0. The van der Waals surface area contributed by atoms with E-state index < -0.39 is 0 Å². The number of hydrogen-bond acceptors (Lipinski definition) is 4. The second-order valence-corrected chi connectivity index (χ2v) is 12.8. The van der Waals surface area contributed by atoms with Gasteiger partial charge in [-0.25, -0.2) is 0 Å². The van der Waals surface area contributed by atoms with Crippen molar-refractivity contribution in [1.29, 1.82) is 0 Å². The fourth-order valence-corrected chi connectivity index (χ4v) is 7.11. The first-order valence-corrected chi connectivity index (χ1v) is 15.4. The highest BCUT2D eigenvalue weighted by Crippen LogP contribution is 2.43. The van der Waals surface area contributed by atoms with E-state index in [1.165, 1.54) is 31.3 Å². The van der Waals surface area contributed by atoms with Crippen molar-refractivity contribution in [3.63, 3.8) is 0 Å². The van der Waals surface area contributed by atoms with Crippen LogP contribution in [0.15, 0.2) is 82.6 Å². The molecule has 3 aromatic rings. The number of ketones is 1. The number of carbonyl (C=O) groups excluding carboxylic acids is 2. The van der Waals surface area contributed by atoms with Crippen molar-refractivity contribution in [2.24, 2.45) is 11.8 Å². The summed E-state index contributed by atoms with van der Waals surface area (Å²) in [6, 6.07) is 24.1. The number of aryl methyl sites for hydroxylation is 1. The second-order valence-electron chi connectivity index (χ2n) is 11.7. The number of benzene rings is 3. The lowest BCUT2D eigenvalue weighted by Gasteiger charge is -2.34. The quantitative estimate of drug-likeness (QED) is 0.153. The van der Waals surface area contributed by atoms with E-state index >= 15 is 0 Å². The summed E-state index contributed by atoms with van der Waals surface area (Å²) < 4.78 is 0. The SMILES string of the molecule is Cc1cccc(CN2C(=O)/C(=C/c3ccccc3)Sc3ccc(C(=O)CCCCN4CC(C)CC(C)C4)cc32)c1. The van der Waals surface area contributed by atoms with Crippen LogP contribution in [-0.2, 0) is 11.3 Å². The molecule has 0 radical (unpaired) electrons. The topological polar surface area (TPSA) is 40.6 Å². The van der Waals surface area contributed by atoms with Crippen molar-refractivity contribution in [2.45, 2.75) is 57.9 Å². The van der Waals surface area contributed by atoms with Crippen LogP contribution in [0.3, 0.4) is 0 Å². The molecular formula is C35H40N2O2S. The molecule has 40 heavy (non-hydrogen) atoms. The molecule has 0 aromatic heterocycles. The first kappa shape index (κ1) is 28.4. The van der Waals surface area contributed by atoms with E-state index in [4.69, 9.17) is 0 Å². The number of fused-ring (bicyclic) bond motifs is 1. The molecule has 0 saturated carbocycles. The number of amides is 1. The minimum absolute atomic E-state index is 0.0301. The average Bonchev–Trinajstić information content (AvgIpc) is 2.93. The Morgan fingerprint density at radius 2 is 1.73 bits per heavy atom.